The zero-order valence-corrected chi connectivity index (χ0v) is 13.9. The van der Waals surface area contributed by atoms with Crippen molar-refractivity contribution < 1.29 is 20.1 Å². The molecule has 0 aromatic heterocycles. The normalized spacial score (nSPS) is 11.7. The summed E-state index contributed by atoms with van der Waals surface area (Å²) < 4.78 is 5.29. The zero-order valence-electron chi connectivity index (χ0n) is 13.9. The van der Waals surface area contributed by atoms with Gasteiger partial charge in [-0.25, -0.2) is 0 Å². The fourth-order valence-electron chi connectivity index (χ4n) is 2.20. The van der Waals surface area contributed by atoms with Gasteiger partial charge in [0, 0.05) is 13.0 Å². The van der Waals surface area contributed by atoms with Gasteiger partial charge in [0.1, 0.15) is 12.4 Å². The molecule has 0 aliphatic rings. The molecule has 0 bridgehead atoms. The first-order valence-electron chi connectivity index (χ1n) is 8.26. The summed E-state index contributed by atoms with van der Waals surface area (Å²) in [6, 6.07) is 7.21. The van der Waals surface area contributed by atoms with Crippen LogP contribution in [0.5, 0.6) is 5.75 Å². The number of hydrogen-bond donors (Lipinski definition) is 3. The number of unbranched alkanes of at least 4 members (excludes halogenated alkanes) is 1. The van der Waals surface area contributed by atoms with Gasteiger partial charge < -0.3 is 20.1 Å². The van der Waals surface area contributed by atoms with Crippen LogP contribution < -0.4 is 4.74 Å². The van der Waals surface area contributed by atoms with Crippen molar-refractivity contribution in [3.05, 3.63) is 47.2 Å². The lowest BCUT2D eigenvalue weighted by molar-refractivity contribution is 0.181. The largest absolute Gasteiger partial charge is 0.491 e. The molecule has 3 N–H and O–H groups in total. The van der Waals surface area contributed by atoms with E-state index >= 15 is 0 Å². The van der Waals surface area contributed by atoms with Crippen LogP contribution in [0.15, 0.2) is 41.6 Å². The minimum absolute atomic E-state index is 0.0181. The zero-order chi connectivity index (χ0) is 16.9. The topological polar surface area (TPSA) is 69.9 Å². The fourth-order valence-corrected chi connectivity index (χ4v) is 2.20. The third-order valence-electron chi connectivity index (χ3n) is 3.52. The summed E-state index contributed by atoms with van der Waals surface area (Å²) in [5.74, 6) is 0.676. The third-order valence-corrected chi connectivity index (χ3v) is 3.52. The lowest BCUT2D eigenvalue weighted by atomic mass is 10.0. The molecule has 0 saturated carbocycles. The van der Waals surface area contributed by atoms with Crippen molar-refractivity contribution in [2.75, 3.05) is 19.8 Å². The van der Waals surface area contributed by atoms with Gasteiger partial charge in [-0.2, -0.15) is 0 Å². The maximum Gasteiger partial charge on any atom is 0.119 e. The predicted molar refractivity (Wildman–Crippen MR) is 91.4 cm³/mol. The summed E-state index contributed by atoms with van der Waals surface area (Å²) in [5.41, 5.74) is 5.14. The van der Waals surface area contributed by atoms with E-state index in [2.05, 4.69) is 12.7 Å². The lowest BCUT2D eigenvalue weighted by Crippen LogP contribution is -2.02. The molecule has 23 heavy (non-hydrogen) atoms. The Hall–Kier alpha value is -1.58. The van der Waals surface area contributed by atoms with Crippen molar-refractivity contribution in [2.24, 2.45) is 0 Å². The van der Waals surface area contributed by atoms with E-state index in [-0.39, 0.29) is 19.8 Å². The number of rotatable bonds is 11. The van der Waals surface area contributed by atoms with E-state index < -0.39 is 6.10 Å². The Balaban J connectivity index is 2.59. The molecule has 0 saturated heterocycles. The van der Waals surface area contributed by atoms with Gasteiger partial charge in [-0.1, -0.05) is 25.5 Å². The molecule has 0 spiro atoms. The van der Waals surface area contributed by atoms with E-state index in [9.17, 15) is 5.11 Å². The number of aliphatic hydroxyl groups excluding tert-OH is 3. The van der Waals surface area contributed by atoms with Crippen LogP contribution in [0.25, 0.3) is 0 Å². The number of hydrogen-bond acceptors (Lipinski definition) is 4. The SMILES string of the molecule is CCCCC(=C=CC[C@H](O)c1ccc(OCCO)cc1)CCO. The molecule has 0 heterocycles. The Labute approximate surface area is 138 Å². The highest BCUT2D eigenvalue weighted by atomic mass is 16.5. The molecule has 0 fully saturated rings. The van der Waals surface area contributed by atoms with E-state index in [1.54, 1.807) is 12.1 Å². The van der Waals surface area contributed by atoms with Gasteiger partial charge in [0.05, 0.1) is 12.7 Å². The highest BCUT2D eigenvalue weighted by Gasteiger charge is 2.05. The molecule has 0 unspecified atom stereocenters. The highest BCUT2D eigenvalue weighted by Crippen LogP contribution is 2.20. The average molecular weight is 320 g/mol. The molecule has 1 aromatic rings. The number of ether oxygens (including phenoxy) is 1. The van der Waals surface area contributed by atoms with E-state index in [4.69, 9.17) is 14.9 Å². The first kappa shape index (κ1) is 19.5. The Morgan fingerprint density at radius 3 is 2.52 bits per heavy atom. The predicted octanol–water partition coefficient (Wildman–Crippen LogP) is 3.14. The van der Waals surface area contributed by atoms with Gasteiger partial charge in [-0.05, 0) is 48.6 Å². The standard InChI is InChI=1S/C19H28O4/c1-2-3-5-16(12-13-20)6-4-7-19(22)17-8-10-18(11-9-17)23-15-14-21/h4,8-11,19-22H,2-3,5,7,12-15H2,1H3/t6?,19-/m0/s1. The van der Waals surface area contributed by atoms with Gasteiger partial charge in [0.2, 0.25) is 0 Å². The van der Waals surface area contributed by atoms with Gasteiger partial charge in [0.25, 0.3) is 0 Å². The molecule has 0 radical (unpaired) electrons. The van der Waals surface area contributed by atoms with E-state index in [0.717, 1.165) is 30.4 Å². The first-order valence-corrected chi connectivity index (χ1v) is 8.26. The van der Waals surface area contributed by atoms with Crippen LogP contribution in [-0.2, 0) is 0 Å². The maximum atomic E-state index is 10.2. The Kier molecular flexibility index (Phi) is 10.1. The number of aliphatic hydroxyl groups is 3. The van der Waals surface area contributed by atoms with Crippen molar-refractivity contribution in [3.8, 4) is 5.75 Å². The second-order valence-corrected chi connectivity index (χ2v) is 5.42. The Morgan fingerprint density at radius 2 is 1.91 bits per heavy atom. The average Bonchev–Trinajstić information content (AvgIpc) is 2.58. The van der Waals surface area contributed by atoms with Crippen molar-refractivity contribution in [1.82, 2.24) is 0 Å². The first-order chi connectivity index (χ1) is 11.2. The quantitative estimate of drug-likeness (QED) is 0.548. The Bertz CT molecular complexity index is 487. The van der Waals surface area contributed by atoms with Crippen LogP contribution in [0.1, 0.15) is 50.7 Å². The number of benzene rings is 1. The van der Waals surface area contributed by atoms with E-state index in [0.29, 0.717) is 18.6 Å². The van der Waals surface area contributed by atoms with E-state index in [1.165, 1.54) is 0 Å². The van der Waals surface area contributed by atoms with Crippen LogP contribution in [-0.4, -0.2) is 35.1 Å². The van der Waals surface area contributed by atoms with Crippen molar-refractivity contribution in [2.45, 2.75) is 45.1 Å². The molecule has 4 heteroatoms. The molecule has 1 atom stereocenters. The molecule has 0 aliphatic heterocycles. The monoisotopic (exact) mass is 320 g/mol. The Morgan fingerprint density at radius 1 is 1.17 bits per heavy atom. The molecule has 0 aliphatic carbocycles. The summed E-state index contributed by atoms with van der Waals surface area (Å²) in [4.78, 5) is 0. The van der Waals surface area contributed by atoms with E-state index in [1.807, 2.05) is 18.2 Å². The molecule has 1 aromatic carbocycles. The van der Waals surface area contributed by atoms with Crippen molar-refractivity contribution >= 4 is 0 Å². The lowest BCUT2D eigenvalue weighted by Gasteiger charge is -2.09. The summed E-state index contributed by atoms with van der Waals surface area (Å²) in [6.07, 6.45) is 5.54. The van der Waals surface area contributed by atoms with Gasteiger partial charge in [-0.15, -0.1) is 5.73 Å². The van der Waals surface area contributed by atoms with Crippen molar-refractivity contribution in [3.63, 3.8) is 0 Å². The van der Waals surface area contributed by atoms with Crippen LogP contribution in [0.4, 0.5) is 0 Å². The summed E-state index contributed by atoms with van der Waals surface area (Å²) in [7, 11) is 0. The van der Waals surface area contributed by atoms with Crippen LogP contribution in [0, 0.1) is 0 Å². The smallest absolute Gasteiger partial charge is 0.119 e. The molecule has 1 rings (SSSR count). The molecule has 0 amide bonds. The molecular formula is C19H28O4. The maximum absolute atomic E-state index is 10.2. The second kappa shape index (κ2) is 11.9. The van der Waals surface area contributed by atoms with Crippen LogP contribution in [0.2, 0.25) is 0 Å². The summed E-state index contributed by atoms with van der Waals surface area (Å²) in [5, 5.41) is 28.0. The van der Waals surface area contributed by atoms with Crippen molar-refractivity contribution in [1.29, 1.82) is 0 Å². The summed E-state index contributed by atoms with van der Waals surface area (Å²) >= 11 is 0. The minimum atomic E-state index is -0.587. The highest BCUT2D eigenvalue weighted by molar-refractivity contribution is 5.28. The van der Waals surface area contributed by atoms with Gasteiger partial charge in [-0.3, -0.25) is 0 Å². The molecule has 4 nitrogen and oxygen atoms in total. The molecule has 128 valence electrons. The van der Waals surface area contributed by atoms with Crippen LogP contribution >= 0.6 is 0 Å². The van der Waals surface area contributed by atoms with Gasteiger partial charge >= 0.3 is 0 Å². The summed E-state index contributed by atoms with van der Waals surface area (Å²) in [6.45, 7) is 2.52. The minimum Gasteiger partial charge on any atom is -0.491 e. The third kappa shape index (κ3) is 8.00. The fraction of sp³-hybridized carbons (Fsp3) is 0.526. The van der Waals surface area contributed by atoms with Gasteiger partial charge in [0.15, 0.2) is 0 Å². The van der Waals surface area contributed by atoms with Crippen LogP contribution in [0.3, 0.4) is 0 Å². The molecular weight excluding hydrogens is 292 g/mol. The second-order valence-electron chi connectivity index (χ2n) is 5.42.